The summed E-state index contributed by atoms with van der Waals surface area (Å²) < 4.78 is 6.43. The molecular formula is C19H18ClN3O5. The molecule has 3 heterocycles. The zero-order valence-electron chi connectivity index (χ0n) is 15.0. The average Bonchev–Trinajstić information content (AvgIpc) is 2.92. The summed E-state index contributed by atoms with van der Waals surface area (Å²) >= 11 is 5.87. The van der Waals surface area contributed by atoms with Crippen LogP contribution in [0.3, 0.4) is 0 Å². The molecule has 8 nitrogen and oxygen atoms in total. The number of halogens is 1. The van der Waals surface area contributed by atoms with Gasteiger partial charge in [0.05, 0.1) is 22.6 Å². The standard InChI is InChI=1S/C19H18ClN3O5/c20-11-5-6-15-21-12(7-16(24)22(15)8-11)10-28-17(25)9-23-18(26)13-3-1-2-4-14(13)19(23)27/h5-8,13-14H,1-4,9-10H2. The van der Waals surface area contributed by atoms with Crippen molar-refractivity contribution < 1.29 is 19.1 Å². The van der Waals surface area contributed by atoms with E-state index in [1.54, 1.807) is 12.1 Å². The molecule has 0 aromatic carbocycles. The Morgan fingerprint density at radius 3 is 2.50 bits per heavy atom. The molecular weight excluding hydrogens is 386 g/mol. The Balaban J connectivity index is 1.41. The Morgan fingerprint density at radius 1 is 1.14 bits per heavy atom. The normalized spacial score (nSPS) is 21.8. The van der Waals surface area contributed by atoms with Crippen LogP contribution in [0.15, 0.2) is 29.2 Å². The Hall–Kier alpha value is -2.74. The van der Waals surface area contributed by atoms with Crippen LogP contribution in [0.5, 0.6) is 0 Å². The fourth-order valence-corrected chi connectivity index (χ4v) is 4.08. The van der Waals surface area contributed by atoms with Crippen molar-refractivity contribution in [2.45, 2.75) is 32.3 Å². The molecule has 0 bridgehead atoms. The molecule has 1 aliphatic heterocycles. The van der Waals surface area contributed by atoms with E-state index >= 15 is 0 Å². The van der Waals surface area contributed by atoms with Gasteiger partial charge in [0, 0.05) is 12.3 Å². The highest BCUT2D eigenvalue weighted by molar-refractivity contribution is 6.30. The van der Waals surface area contributed by atoms with E-state index in [9.17, 15) is 19.2 Å². The summed E-state index contributed by atoms with van der Waals surface area (Å²) in [5, 5.41) is 0.399. The van der Waals surface area contributed by atoms with E-state index in [0.717, 1.165) is 17.7 Å². The summed E-state index contributed by atoms with van der Waals surface area (Å²) in [5.41, 5.74) is 0.290. The first-order valence-corrected chi connectivity index (χ1v) is 9.50. The van der Waals surface area contributed by atoms with Crippen molar-refractivity contribution in [3.05, 3.63) is 45.5 Å². The average molecular weight is 404 g/mol. The second-order valence-electron chi connectivity index (χ2n) is 7.08. The molecule has 28 heavy (non-hydrogen) atoms. The number of likely N-dealkylation sites (tertiary alicyclic amines) is 1. The number of hydrogen-bond donors (Lipinski definition) is 0. The summed E-state index contributed by atoms with van der Waals surface area (Å²) in [6, 6.07) is 4.43. The van der Waals surface area contributed by atoms with Gasteiger partial charge in [-0.3, -0.25) is 28.5 Å². The third-order valence-electron chi connectivity index (χ3n) is 5.28. The Morgan fingerprint density at radius 2 is 1.82 bits per heavy atom. The number of fused-ring (bicyclic) bond motifs is 2. The third kappa shape index (κ3) is 3.40. The van der Waals surface area contributed by atoms with Crippen molar-refractivity contribution >= 4 is 35.0 Å². The largest absolute Gasteiger partial charge is 0.458 e. The quantitative estimate of drug-likeness (QED) is 0.567. The van der Waals surface area contributed by atoms with Crippen LogP contribution >= 0.6 is 11.6 Å². The zero-order chi connectivity index (χ0) is 19.8. The van der Waals surface area contributed by atoms with Crippen LogP contribution in [-0.2, 0) is 25.7 Å². The minimum atomic E-state index is -0.710. The van der Waals surface area contributed by atoms with Gasteiger partial charge in [0.1, 0.15) is 18.8 Å². The van der Waals surface area contributed by atoms with Gasteiger partial charge in [0.15, 0.2) is 0 Å². The molecule has 2 unspecified atom stereocenters. The van der Waals surface area contributed by atoms with E-state index in [-0.39, 0.29) is 41.5 Å². The number of esters is 1. The van der Waals surface area contributed by atoms with Crippen molar-refractivity contribution in [2.75, 3.05) is 6.54 Å². The number of amides is 2. The number of rotatable bonds is 4. The Kier molecular flexibility index (Phi) is 4.89. The minimum Gasteiger partial charge on any atom is -0.458 e. The Labute approximate surface area is 165 Å². The van der Waals surface area contributed by atoms with Gasteiger partial charge in [-0.1, -0.05) is 24.4 Å². The highest BCUT2D eigenvalue weighted by Gasteiger charge is 2.48. The smallest absolute Gasteiger partial charge is 0.326 e. The number of carbonyl (C=O) groups is 3. The fourth-order valence-electron chi connectivity index (χ4n) is 3.92. The molecule has 4 rings (SSSR count). The van der Waals surface area contributed by atoms with E-state index in [0.29, 0.717) is 23.5 Å². The lowest BCUT2D eigenvalue weighted by Crippen LogP contribution is -2.36. The van der Waals surface area contributed by atoms with Crippen LogP contribution in [0.4, 0.5) is 0 Å². The summed E-state index contributed by atoms with van der Waals surface area (Å²) in [4.78, 5) is 54.4. The maximum Gasteiger partial charge on any atom is 0.326 e. The van der Waals surface area contributed by atoms with E-state index in [4.69, 9.17) is 16.3 Å². The van der Waals surface area contributed by atoms with Gasteiger partial charge in [0.25, 0.3) is 5.56 Å². The second kappa shape index (κ2) is 7.35. The van der Waals surface area contributed by atoms with E-state index in [2.05, 4.69) is 4.98 Å². The molecule has 2 aromatic rings. The van der Waals surface area contributed by atoms with Gasteiger partial charge < -0.3 is 4.74 Å². The molecule has 2 amide bonds. The van der Waals surface area contributed by atoms with Gasteiger partial charge in [-0.2, -0.15) is 0 Å². The molecule has 1 saturated carbocycles. The molecule has 2 fully saturated rings. The summed E-state index contributed by atoms with van der Waals surface area (Å²) in [6.07, 6.45) is 4.68. The fraction of sp³-hybridized carbons (Fsp3) is 0.421. The number of hydrogen-bond acceptors (Lipinski definition) is 6. The summed E-state index contributed by atoms with van der Waals surface area (Å²) in [5.74, 6) is -1.89. The first kappa shape index (κ1) is 18.6. The second-order valence-corrected chi connectivity index (χ2v) is 7.52. The summed E-state index contributed by atoms with van der Waals surface area (Å²) in [7, 11) is 0. The van der Waals surface area contributed by atoms with Crippen molar-refractivity contribution in [2.24, 2.45) is 11.8 Å². The number of pyridine rings is 1. The molecule has 1 aliphatic carbocycles. The topological polar surface area (TPSA) is 98.0 Å². The van der Waals surface area contributed by atoms with Crippen LogP contribution in [0.25, 0.3) is 5.65 Å². The lowest BCUT2D eigenvalue weighted by atomic mass is 9.81. The number of aromatic nitrogens is 2. The molecule has 146 valence electrons. The van der Waals surface area contributed by atoms with Crippen molar-refractivity contribution in [1.29, 1.82) is 0 Å². The zero-order valence-corrected chi connectivity index (χ0v) is 15.7. The van der Waals surface area contributed by atoms with Crippen LogP contribution in [0.1, 0.15) is 31.4 Å². The van der Waals surface area contributed by atoms with Crippen molar-refractivity contribution in [3.63, 3.8) is 0 Å². The van der Waals surface area contributed by atoms with Gasteiger partial charge >= 0.3 is 5.97 Å². The lowest BCUT2D eigenvalue weighted by Gasteiger charge is -2.19. The first-order chi connectivity index (χ1) is 13.4. The monoisotopic (exact) mass is 403 g/mol. The maximum absolute atomic E-state index is 12.4. The molecule has 1 saturated heterocycles. The molecule has 2 aromatic heterocycles. The number of imide groups is 1. The van der Waals surface area contributed by atoms with Crippen LogP contribution in [0.2, 0.25) is 5.02 Å². The number of carbonyl (C=O) groups excluding carboxylic acids is 3. The van der Waals surface area contributed by atoms with Crippen molar-refractivity contribution in [3.8, 4) is 0 Å². The lowest BCUT2D eigenvalue weighted by molar-refractivity contribution is -0.153. The number of nitrogens with zero attached hydrogens (tertiary/aromatic N) is 3. The van der Waals surface area contributed by atoms with Gasteiger partial charge in [-0.25, -0.2) is 4.98 Å². The summed E-state index contributed by atoms with van der Waals surface area (Å²) in [6.45, 7) is -0.636. The number of ether oxygens (including phenoxy) is 1. The van der Waals surface area contributed by atoms with E-state index in [1.165, 1.54) is 16.7 Å². The molecule has 2 atom stereocenters. The van der Waals surface area contributed by atoms with Gasteiger partial charge in [0.2, 0.25) is 11.8 Å². The predicted molar refractivity (Wildman–Crippen MR) is 98.4 cm³/mol. The molecule has 2 aliphatic rings. The van der Waals surface area contributed by atoms with E-state index in [1.807, 2.05) is 0 Å². The highest BCUT2D eigenvalue weighted by atomic mass is 35.5. The Bertz CT molecular complexity index is 1010. The maximum atomic E-state index is 12.4. The van der Waals surface area contributed by atoms with Crippen LogP contribution in [0, 0.1) is 11.8 Å². The van der Waals surface area contributed by atoms with E-state index < -0.39 is 12.5 Å². The molecule has 9 heteroatoms. The third-order valence-corrected chi connectivity index (χ3v) is 5.50. The van der Waals surface area contributed by atoms with Crippen LogP contribution in [-0.4, -0.2) is 38.6 Å². The molecule has 0 N–H and O–H groups in total. The van der Waals surface area contributed by atoms with Crippen molar-refractivity contribution in [1.82, 2.24) is 14.3 Å². The predicted octanol–water partition coefficient (Wildman–Crippen LogP) is 1.57. The molecule has 0 spiro atoms. The molecule has 0 radical (unpaired) electrons. The minimum absolute atomic E-state index is 0.226. The van der Waals surface area contributed by atoms with Gasteiger partial charge in [-0.15, -0.1) is 0 Å². The first-order valence-electron chi connectivity index (χ1n) is 9.13. The highest BCUT2D eigenvalue weighted by Crippen LogP contribution is 2.37. The SMILES string of the molecule is O=C(CN1C(=O)C2CCCCC2C1=O)OCc1cc(=O)n2cc(Cl)ccc2n1. The van der Waals surface area contributed by atoms with Crippen LogP contribution < -0.4 is 5.56 Å². The van der Waals surface area contributed by atoms with Gasteiger partial charge in [-0.05, 0) is 25.0 Å².